The molecule has 0 spiro atoms. The number of para-hydroxylation sites is 2. The summed E-state index contributed by atoms with van der Waals surface area (Å²) in [5.74, 6) is 0.927. The molecule has 0 aliphatic rings. The van der Waals surface area contributed by atoms with Gasteiger partial charge >= 0.3 is 0 Å². The van der Waals surface area contributed by atoms with Crippen LogP contribution in [0.15, 0.2) is 88.8 Å². The summed E-state index contributed by atoms with van der Waals surface area (Å²) in [6, 6.07) is 24.7. The first-order valence-electron chi connectivity index (χ1n) is 10.8. The molecular weight excluding hydrogens is 446 g/mol. The number of ether oxygens (including phenoxy) is 1. The number of rotatable bonds is 8. The largest absolute Gasteiger partial charge is 0.484 e. The number of hydrogen-bond donors (Lipinski definition) is 2. The van der Waals surface area contributed by atoms with Gasteiger partial charge < -0.3 is 19.5 Å². The van der Waals surface area contributed by atoms with E-state index in [4.69, 9.17) is 9.15 Å². The van der Waals surface area contributed by atoms with E-state index < -0.39 is 0 Å². The fourth-order valence-corrected chi connectivity index (χ4v) is 4.77. The average molecular weight is 468 g/mol. The van der Waals surface area contributed by atoms with E-state index in [2.05, 4.69) is 28.5 Å². The molecule has 34 heavy (non-hydrogen) atoms. The second-order valence-corrected chi connectivity index (χ2v) is 8.71. The molecule has 1 atom stereocenters. The Morgan fingerprint density at radius 1 is 1.09 bits per heavy atom. The summed E-state index contributed by atoms with van der Waals surface area (Å²) in [6.45, 7) is 0.558. The van der Waals surface area contributed by atoms with Gasteiger partial charge in [0.25, 0.3) is 5.91 Å². The number of hydrogen-bond acceptors (Lipinski definition) is 5. The Bertz CT molecular complexity index is 1460. The Labute approximate surface area is 200 Å². The highest BCUT2D eigenvalue weighted by atomic mass is 32.1. The van der Waals surface area contributed by atoms with Crippen LogP contribution in [0.4, 0.5) is 0 Å². The zero-order chi connectivity index (χ0) is 23.3. The van der Waals surface area contributed by atoms with E-state index in [1.807, 2.05) is 35.8 Å². The van der Waals surface area contributed by atoms with Crippen LogP contribution in [0, 0.1) is 11.3 Å². The van der Waals surface area contributed by atoms with Crippen LogP contribution in [-0.2, 0) is 6.61 Å². The molecule has 0 radical (unpaired) electrons. The molecule has 1 unspecified atom stereocenters. The van der Waals surface area contributed by atoms with Gasteiger partial charge in [-0.25, -0.2) is 0 Å². The van der Waals surface area contributed by atoms with E-state index in [-0.39, 0.29) is 24.2 Å². The zero-order valence-corrected chi connectivity index (χ0v) is 19.0. The fraction of sp³-hybridized carbons (Fsp3) is 0.111. The van der Waals surface area contributed by atoms with Crippen molar-refractivity contribution in [2.75, 3.05) is 6.54 Å². The Morgan fingerprint density at radius 2 is 1.94 bits per heavy atom. The van der Waals surface area contributed by atoms with Crippen LogP contribution in [-0.4, -0.2) is 17.4 Å². The maximum atomic E-state index is 12.8. The summed E-state index contributed by atoms with van der Waals surface area (Å²) in [5, 5.41) is 15.4. The number of aromatic amines is 1. The van der Waals surface area contributed by atoms with Crippen LogP contribution >= 0.6 is 11.3 Å². The molecule has 3 heterocycles. The molecule has 0 fully saturated rings. The Balaban J connectivity index is 1.27. The molecule has 0 aliphatic carbocycles. The van der Waals surface area contributed by atoms with Crippen LogP contribution in [0.5, 0.6) is 5.75 Å². The van der Waals surface area contributed by atoms with Crippen LogP contribution < -0.4 is 10.1 Å². The van der Waals surface area contributed by atoms with Crippen molar-refractivity contribution < 1.29 is 13.9 Å². The number of thiophene rings is 1. The number of nitrogens with one attached hydrogen (secondary N) is 2. The van der Waals surface area contributed by atoms with Gasteiger partial charge in [-0.2, -0.15) is 5.26 Å². The predicted molar refractivity (Wildman–Crippen MR) is 131 cm³/mol. The van der Waals surface area contributed by atoms with Gasteiger partial charge in [-0.05, 0) is 47.3 Å². The fourth-order valence-electron chi connectivity index (χ4n) is 3.93. The summed E-state index contributed by atoms with van der Waals surface area (Å²) in [5.41, 5.74) is 2.66. The summed E-state index contributed by atoms with van der Waals surface area (Å²) in [6.07, 6.45) is 2.02. The van der Waals surface area contributed by atoms with Crippen molar-refractivity contribution in [3.8, 4) is 11.8 Å². The molecule has 7 heteroatoms. The third kappa shape index (κ3) is 4.45. The van der Waals surface area contributed by atoms with E-state index in [0.29, 0.717) is 23.6 Å². The van der Waals surface area contributed by atoms with E-state index >= 15 is 0 Å². The average Bonchev–Trinajstić information content (AvgIpc) is 3.65. The molecular formula is C27H21N3O3S. The number of H-pyrrole nitrogens is 1. The first-order chi connectivity index (χ1) is 16.7. The van der Waals surface area contributed by atoms with Gasteiger partial charge in [0.2, 0.25) is 0 Å². The first-order valence-corrected chi connectivity index (χ1v) is 11.7. The zero-order valence-electron chi connectivity index (χ0n) is 18.2. The standard InChI is InChI=1S/C27H21N3O3S/c28-14-18-6-1-4-9-24(18)32-17-19-11-12-25(33-19)27(31)30-16-22(26-10-5-13-34-26)21-15-29-23-8-3-2-7-20(21)23/h1-13,15,22,29H,16-17H2,(H,30,31). The molecule has 168 valence electrons. The van der Waals surface area contributed by atoms with Crippen LogP contribution in [0.2, 0.25) is 0 Å². The number of furan rings is 1. The van der Waals surface area contributed by atoms with Gasteiger partial charge in [-0.1, -0.05) is 36.4 Å². The van der Waals surface area contributed by atoms with Gasteiger partial charge in [0.15, 0.2) is 5.76 Å². The number of benzene rings is 2. The van der Waals surface area contributed by atoms with Crippen molar-refractivity contribution in [1.29, 1.82) is 5.26 Å². The van der Waals surface area contributed by atoms with Crippen LogP contribution in [0.25, 0.3) is 10.9 Å². The minimum Gasteiger partial charge on any atom is -0.484 e. The summed E-state index contributed by atoms with van der Waals surface area (Å²) in [4.78, 5) is 17.4. The maximum Gasteiger partial charge on any atom is 0.287 e. The monoisotopic (exact) mass is 467 g/mol. The topological polar surface area (TPSA) is 91.0 Å². The van der Waals surface area contributed by atoms with Crippen LogP contribution in [0.1, 0.15) is 38.2 Å². The van der Waals surface area contributed by atoms with Crippen molar-refractivity contribution in [1.82, 2.24) is 10.3 Å². The quantitative estimate of drug-likeness (QED) is 0.300. The lowest BCUT2D eigenvalue weighted by Crippen LogP contribution is -2.28. The van der Waals surface area contributed by atoms with Gasteiger partial charge in [0.05, 0.1) is 5.56 Å². The second kappa shape index (κ2) is 9.69. The molecule has 1 amide bonds. The second-order valence-electron chi connectivity index (χ2n) is 7.73. The van der Waals surface area contributed by atoms with Gasteiger partial charge in [-0.3, -0.25) is 4.79 Å². The number of fused-ring (bicyclic) bond motifs is 1. The van der Waals surface area contributed by atoms with Crippen molar-refractivity contribution >= 4 is 28.1 Å². The predicted octanol–water partition coefficient (Wildman–Crippen LogP) is 5.83. The minimum atomic E-state index is -0.287. The SMILES string of the molecule is N#Cc1ccccc1OCc1ccc(C(=O)NCC(c2cccs2)c2c[nH]c3ccccc23)o1. The molecule has 5 aromatic rings. The molecule has 6 nitrogen and oxygen atoms in total. The van der Waals surface area contributed by atoms with Crippen molar-refractivity contribution in [3.05, 3.63) is 112 Å². The molecule has 0 aliphatic heterocycles. The van der Waals surface area contributed by atoms with Crippen molar-refractivity contribution in [3.63, 3.8) is 0 Å². The molecule has 3 aromatic heterocycles. The molecule has 0 saturated carbocycles. The summed E-state index contributed by atoms with van der Waals surface area (Å²) >= 11 is 1.67. The van der Waals surface area contributed by atoms with E-state index in [1.54, 1.807) is 47.7 Å². The number of nitrogens with zero attached hydrogens (tertiary/aromatic N) is 1. The number of carbonyl (C=O) groups excluding carboxylic acids is 1. The third-order valence-corrected chi connectivity index (χ3v) is 6.60. The first kappa shape index (κ1) is 21.6. The normalized spacial score (nSPS) is 11.7. The smallest absolute Gasteiger partial charge is 0.287 e. The maximum absolute atomic E-state index is 12.8. The van der Waals surface area contributed by atoms with Crippen molar-refractivity contribution in [2.45, 2.75) is 12.5 Å². The number of aromatic nitrogens is 1. The molecule has 2 aromatic carbocycles. The molecule has 2 N–H and O–H groups in total. The highest BCUT2D eigenvalue weighted by molar-refractivity contribution is 7.10. The summed E-state index contributed by atoms with van der Waals surface area (Å²) < 4.78 is 11.4. The summed E-state index contributed by atoms with van der Waals surface area (Å²) in [7, 11) is 0. The Kier molecular flexibility index (Phi) is 6.15. The van der Waals surface area contributed by atoms with E-state index in [9.17, 15) is 10.1 Å². The number of nitriles is 1. The molecule has 5 rings (SSSR count). The van der Waals surface area contributed by atoms with Gasteiger partial charge in [-0.15, -0.1) is 11.3 Å². The molecule has 0 saturated heterocycles. The lowest BCUT2D eigenvalue weighted by atomic mass is 9.96. The highest BCUT2D eigenvalue weighted by Gasteiger charge is 2.21. The van der Waals surface area contributed by atoms with Gasteiger partial charge in [0.1, 0.15) is 24.2 Å². The minimum absolute atomic E-state index is 0.0142. The Hall–Kier alpha value is -4.28. The van der Waals surface area contributed by atoms with Crippen molar-refractivity contribution in [2.24, 2.45) is 0 Å². The third-order valence-electron chi connectivity index (χ3n) is 5.61. The number of carbonyl (C=O) groups is 1. The lowest BCUT2D eigenvalue weighted by Gasteiger charge is -2.16. The van der Waals surface area contributed by atoms with E-state index in [1.165, 1.54) is 4.88 Å². The lowest BCUT2D eigenvalue weighted by molar-refractivity contribution is 0.0920. The van der Waals surface area contributed by atoms with Gasteiger partial charge in [0, 0.05) is 34.4 Å². The number of amides is 1. The highest BCUT2D eigenvalue weighted by Crippen LogP contribution is 2.33. The van der Waals surface area contributed by atoms with Crippen LogP contribution in [0.3, 0.4) is 0 Å². The Morgan fingerprint density at radius 3 is 2.79 bits per heavy atom. The molecule has 0 bridgehead atoms. The van der Waals surface area contributed by atoms with E-state index in [0.717, 1.165) is 16.5 Å².